The van der Waals surface area contributed by atoms with Gasteiger partial charge in [-0.25, -0.2) is 4.39 Å². The molecule has 7 nitrogen and oxygen atoms in total. The van der Waals surface area contributed by atoms with Crippen LogP contribution in [0.5, 0.6) is 11.5 Å². The zero-order valence-electron chi connectivity index (χ0n) is 16.9. The smallest absolute Gasteiger partial charge is 0.257 e. The molecule has 0 radical (unpaired) electrons. The van der Waals surface area contributed by atoms with Gasteiger partial charge in [0.15, 0.2) is 0 Å². The van der Waals surface area contributed by atoms with Gasteiger partial charge in [-0.3, -0.25) is 9.59 Å². The van der Waals surface area contributed by atoms with Gasteiger partial charge in [-0.2, -0.15) is 0 Å². The maximum Gasteiger partial charge on any atom is 0.257 e. The summed E-state index contributed by atoms with van der Waals surface area (Å²) in [6.07, 6.45) is 0.774. The molecule has 31 heavy (non-hydrogen) atoms. The number of hydrogen-bond donors (Lipinski definition) is 2. The van der Waals surface area contributed by atoms with E-state index in [0.29, 0.717) is 24.7 Å². The summed E-state index contributed by atoms with van der Waals surface area (Å²) in [6.45, 7) is 1.60. The second-order valence-corrected chi connectivity index (χ2v) is 7.58. The first-order valence-corrected chi connectivity index (χ1v) is 9.97. The van der Waals surface area contributed by atoms with Crippen molar-refractivity contribution < 1.29 is 23.5 Å². The van der Waals surface area contributed by atoms with E-state index in [1.165, 1.54) is 23.1 Å². The molecule has 2 amide bonds. The number of benzene rings is 2. The van der Waals surface area contributed by atoms with Gasteiger partial charge in [0.05, 0.1) is 30.7 Å². The highest BCUT2D eigenvalue weighted by Crippen LogP contribution is 2.26. The summed E-state index contributed by atoms with van der Waals surface area (Å²) in [7, 11) is 0. The summed E-state index contributed by atoms with van der Waals surface area (Å²) in [5.74, 6) is -0.754. The van der Waals surface area contributed by atoms with Gasteiger partial charge in [-0.15, -0.1) is 12.4 Å². The van der Waals surface area contributed by atoms with Crippen LogP contribution in [-0.4, -0.2) is 55.6 Å². The third-order valence-corrected chi connectivity index (χ3v) is 5.28. The van der Waals surface area contributed by atoms with E-state index in [-0.39, 0.29) is 49.6 Å². The van der Waals surface area contributed by atoms with Gasteiger partial charge < -0.3 is 25.4 Å². The van der Waals surface area contributed by atoms with Gasteiger partial charge in [-0.05, 0) is 48.9 Å². The number of hydrogen-bond acceptors (Lipinski definition) is 5. The largest absolute Gasteiger partial charge is 0.457 e. The van der Waals surface area contributed by atoms with Gasteiger partial charge in [0, 0.05) is 13.1 Å². The number of nitrogens with two attached hydrogens (primary N) is 1. The quantitative estimate of drug-likeness (QED) is 0.729. The number of carbonyl (C=O) groups excluding carboxylic acids is 2. The van der Waals surface area contributed by atoms with Crippen molar-refractivity contribution in [1.82, 2.24) is 10.2 Å². The minimum absolute atomic E-state index is 0. The van der Waals surface area contributed by atoms with E-state index in [9.17, 15) is 14.0 Å². The summed E-state index contributed by atoms with van der Waals surface area (Å²) in [5.41, 5.74) is 6.57. The van der Waals surface area contributed by atoms with Crippen molar-refractivity contribution in [1.29, 1.82) is 0 Å². The predicted molar refractivity (Wildman–Crippen MR) is 115 cm³/mol. The highest BCUT2D eigenvalue weighted by atomic mass is 35.5. The molecule has 2 atom stereocenters. The Morgan fingerprint density at radius 2 is 1.90 bits per heavy atom. The maximum absolute atomic E-state index is 14.5. The van der Waals surface area contributed by atoms with Gasteiger partial charge in [0.1, 0.15) is 17.3 Å². The summed E-state index contributed by atoms with van der Waals surface area (Å²) >= 11 is 0. The Hall–Kier alpha value is -2.68. The van der Waals surface area contributed by atoms with E-state index in [4.69, 9.17) is 15.2 Å². The molecule has 0 aliphatic carbocycles. The average Bonchev–Trinajstić information content (AvgIpc) is 2.99. The lowest BCUT2D eigenvalue weighted by Gasteiger charge is -2.28. The SMILES string of the molecule is Cl.NCCc1ccc(Oc2ccc(F)c(C(=O)N3C[C@H]4COC[C@@H](C3)C(=O)N4)c2)cc1. The van der Waals surface area contributed by atoms with Crippen LogP contribution in [0.15, 0.2) is 42.5 Å². The Morgan fingerprint density at radius 3 is 2.65 bits per heavy atom. The highest BCUT2D eigenvalue weighted by Gasteiger charge is 2.36. The van der Waals surface area contributed by atoms with Crippen molar-refractivity contribution in [3.05, 3.63) is 59.4 Å². The van der Waals surface area contributed by atoms with Crippen molar-refractivity contribution in [2.45, 2.75) is 12.5 Å². The highest BCUT2D eigenvalue weighted by molar-refractivity contribution is 5.95. The molecule has 2 bridgehead atoms. The van der Waals surface area contributed by atoms with Crippen molar-refractivity contribution in [3.63, 3.8) is 0 Å². The Balaban J connectivity index is 0.00000272. The van der Waals surface area contributed by atoms with Crippen molar-refractivity contribution >= 4 is 24.2 Å². The van der Waals surface area contributed by atoms with Gasteiger partial charge in [0.2, 0.25) is 5.91 Å². The Kier molecular flexibility index (Phi) is 7.48. The van der Waals surface area contributed by atoms with Crippen LogP contribution in [0.2, 0.25) is 0 Å². The molecule has 2 aromatic rings. The van der Waals surface area contributed by atoms with Crippen LogP contribution >= 0.6 is 12.4 Å². The van der Waals surface area contributed by atoms with Crippen molar-refractivity contribution in [2.24, 2.45) is 11.7 Å². The lowest BCUT2D eigenvalue weighted by molar-refractivity contribution is -0.125. The molecular weight excluding hydrogens is 425 g/mol. The molecule has 0 unspecified atom stereocenters. The van der Waals surface area contributed by atoms with Crippen molar-refractivity contribution in [3.8, 4) is 11.5 Å². The number of carbonyl (C=O) groups is 2. The lowest BCUT2D eigenvalue weighted by Crippen LogP contribution is -2.44. The van der Waals surface area contributed by atoms with Crippen molar-refractivity contribution in [2.75, 3.05) is 32.8 Å². The van der Waals surface area contributed by atoms with Crippen LogP contribution in [-0.2, 0) is 16.0 Å². The number of amides is 2. The molecule has 0 saturated carbocycles. The van der Waals surface area contributed by atoms with E-state index >= 15 is 0 Å². The molecule has 2 saturated heterocycles. The second kappa shape index (κ2) is 10.1. The molecule has 2 aliphatic rings. The minimum Gasteiger partial charge on any atom is -0.457 e. The normalized spacial score (nSPS) is 20.3. The minimum atomic E-state index is -0.629. The molecule has 166 valence electrons. The van der Waals surface area contributed by atoms with Crippen LogP contribution in [0.25, 0.3) is 0 Å². The van der Waals surface area contributed by atoms with Crippen LogP contribution in [0.1, 0.15) is 15.9 Å². The summed E-state index contributed by atoms with van der Waals surface area (Å²) in [4.78, 5) is 26.7. The number of rotatable bonds is 5. The molecule has 0 aromatic heterocycles. The van der Waals surface area contributed by atoms with Gasteiger partial charge in [-0.1, -0.05) is 12.1 Å². The van der Waals surface area contributed by atoms with E-state index in [0.717, 1.165) is 12.0 Å². The lowest BCUT2D eigenvalue weighted by atomic mass is 10.1. The number of ether oxygens (including phenoxy) is 2. The number of fused-ring (bicyclic) bond motifs is 3. The third-order valence-electron chi connectivity index (χ3n) is 5.28. The van der Waals surface area contributed by atoms with Gasteiger partial charge in [0.25, 0.3) is 5.91 Å². The maximum atomic E-state index is 14.5. The van der Waals surface area contributed by atoms with E-state index < -0.39 is 17.6 Å². The number of nitrogens with zero attached hydrogens (tertiary/aromatic N) is 1. The molecule has 0 spiro atoms. The summed E-state index contributed by atoms with van der Waals surface area (Å²) in [6, 6.07) is 11.2. The average molecular weight is 450 g/mol. The van der Waals surface area contributed by atoms with Crippen LogP contribution < -0.4 is 15.8 Å². The van der Waals surface area contributed by atoms with Crippen LogP contribution in [0, 0.1) is 11.7 Å². The molecule has 2 fully saturated rings. The van der Waals surface area contributed by atoms with Crippen LogP contribution in [0.3, 0.4) is 0 Å². The van der Waals surface area contributed by atoms with E-state index in [1.807, 2.05) is 24.3 Å². The molecule has 2 aromatic carbocycles. The molecule has 3 N–H and O–H groups in total. The Bertz CT molecular complexity index is 941. The Morgan fingerprint density at radius 1 is 1.16 bits per heavy atom. The fourth-order valence-corrected chi connectivity index (χ4v) is 3.72. The zero-order chi connectivity index (χ0) is 21.1. The van der Waals surface area contributed by atoms with Crippen LogP contribution in [0.4, 0.5) is 4.39 Å². The molecule has 2 aliphatic heterocycles. The number of nitrogens with one attached hydrogen (secondary N) is 1. The topological polar surface area (TPSA) is 93.9 Å². The first-order chi connectivity index (χ1) is 14.5. The standard InChI is InChI=1S/C22H24FN3O4.ClH/c23-20-6-5-18(30-17-3-1-14(2-4-17)7-8-24)9-19(20)22(28)26-10-15-12-29-13-16(11-26)25-21(15)27;/h1-6,9,15-16H,7-8,10-13,24H2,(H,25,27);1H/t15-,16+;/m1./s1. The molecule has 2 heterocycles. The fourth-order valence-electron chi connectivity index (χ4n) is 3.72. The predicted octanol–water partition coefficient (Wildman–Crippen LogP) is 2.13. The molecular formula is C22H25ClFN3O4. The summed E-state index contributed by atoms with van der Waals surface area (Å²) < 4.78 is 25.8. The second-order valence-electron chi connectivity index (χ2n) is 7.58. The molecule has 9 heteroatoms. The summed E-state index contributed by atoms with van der Waals surface area (Å²) in [5, 5.41) is 2.87. The van der Waals surface area contributed by atoms with E-state index in [1.54, 1.807) is 0 Å². The fraction of sp³-hybridized carbons (Fsp3) is 0.364. The van der Waals surface area contributed by atoms with Gasteiger partial charge >= 0.3 is 0 Å². The number of halogens is 2. The zero-order valence-corrected chi connectivity index (χ0v) is 17.7. The first-order valence-electron chi connectivity index (χ1n) is 9.97. The molecule has 4 rings (SSSR count). The first kappa shape index (κ1) is 23.0. The Labute approximate surface area is 186 Å². The van der Waals surface area contributed by atoms with E-state index in [2.05, 4.69) is 5.32 Å². The third kappa shape index (κ3) is 5.33. The monoisotopic (exact) mass is 449 g/mol.